The second kappa shape index (κ2) is 5.14. The third-order valence-corrected chi connectivity index (χ3v) is 3.33. The summed E-state index contributed by atoms with van der Waals surface area (Å²) in [6.07, 6.45) is 0.496. The van der Waals surface area contributed by atoms with Crippen LogP contribution in [0.15, 0.2) is 24.3 Å². The highest BCUT2D eigenvalue weighted by molar-refractivity contribution is 5.29. The second-order valence-electron chi connectivity index (χ2n) is 7.24. The highest BCUT2D eigenvalue weighted by Crippen LogP contribution is 2.47. The lowest BCUT2D eigenvalue weighted by atomic mass is 9.63. The maximum absolute atomic E-state index is 8.71. The van der Waals surface area contributed by atoms with Crippen LogP contribution in [-0.4, -0.2) is 0 Å². The fraction of sp³-hybridized carbons (Fsp3) is 0.588. The molecule has 0 radical (unpaired) electrons. The summed E-state index contributed by atoms with van der Waals surface area (Å²) in [5, 5.41) is 8.71. The first-order chi connectivity index (χ1) is 8.16. The number of nitrogens with zero attached hydrogens (tertiary/aromatic N) is 1. The highest BCUT2D eigenvalue weighted by atomic mass is 14.4. The first-order valence-electron chi connectivity index (χ1n) is 6.62. The van der Waals surface area contributed by atoms with Gasteiger partial charge in [-0.3, -0.25) is 0 Å². The van der Waals surface area contributed by atoms with Crippen LogP contribution in [0.3, 0.4) is 0 Å². The SMILES string of the molecule is CC(C)(C)C(c1ccc(CC#N)cc1)C(C)(C)C. The Kier molecular flexibility index (Phi) is 4.22. The molecule has 0 unspecified atom stereocenters. The van der Waals surface area contributed by atoms with Crippen LogP contribution < -0.4 is 0 Å². The van der Waals surface area contributed by atoms with E-state index in [0.29, 0.717) is 12.3 Å². The maximum Gasteiger partial charge on any atom is 0.0669 e. The Morgan fingerprint density at radius 3 is 1.72 bits per heavy atom. The summed E-state index contributed by atoms with van der Waals surface area (Å²) >= 11 is 0. The minimum atomic E-state index is 0.231. The Bertz CT molecular complexity index is 407. The Morgan fingerprint density at radius 1 is 0.944 bits per heavy atom. The summed E-state index contributed by atoms with van der Waals surface area (Å²) in [6, 6.07) is 10.7. The number of hydrogen-bond donors (Lipinski definition) is 0. The summed E-state index contributed by atoms with van der Waals surface area (Å²) in [4.78, 5) is 0. The largest absolute Gasteiger partial charge is 0.198 e. The number of benzene rings is 1. The molecule has 0 aliphatic heterocycles. The molecule has 1 aromatic rings. The van der Waals surface area contributed by atoms with E-state index in [1.54, 1.807) is 0 Å². The smallest absolute Gasteiger partial charge is 0.0669 e. The quantitative estimate of drug-likeness (QED) is 0.722. The third kappa shape index (κ3) is 3.60. The Balaban J connectivity index is 3.12. The van der Waals surface area contributed by atoms with Crippen LogP contribution in [0.1, 0.15) is 58.6 Å². The van der Waals surface area contributed by atoms with Gasteiger partial charge < -0.3 is 0 Å². The fourth-order valence-electron chi connectivity index (χ4n) is 3.22. The number of nitriles is 1. The average Bonchev–Trinajstić information content (AvgIpc) is 2.17. The Morgan fingerprint density at radius 2 is 1.39 bits per heavy atom. The van der Waals surface area contributed by atoms with Crippen molar-refractivity contribution in [2.45, 2.75) is 53.9 Å². The standard InChI is InChI=1S/C17H25N/c1-16(2,3)15(17(4,5)6)14-9-7-13(8-10-14)11-12-18/h7-10,15H,11H2,1-6H3. The van der Waals surface area contributed by atoms with Crippen LogP contribution >= 0.6 is 0 Å². The van der Waals surface area contributed by atoms with Gasteiger partial charge in [0.2, 0.25) is 0 Å². The van der Waals surface area contributed by atoms with Crippen LogP contribution in [0.5, 0.6) is 0 Å². The maximum atomic E-state index is 8.71. The lowest BCUT2D eigenvalue weighted by Crippen LogP contribution is -2.30. The molecule has 0 saturated carbocycles. The Hall–Kier alpha value is -1.29. The molecule has 0 heterocycles. The van der Waals surface area contributed by atoms with E-state index in [1.165, 1.54) is 5.56 Å². The minimum Gasteiger partial charge on any atom is -0.198 e. The fourth-order valence-corrected chi connectivity index (χ4v) is 3.22. The van der Waals surface area contributed by atoms with Gasteiger partial charge in [0.15, 0.2) is 0 Å². The number of rotatable bonds is 2. The highest BCUT2D eigenvalue weighted by Gasteiger charge is 2.35. The zero-order valence-corrected chi connectivity index (χ0v) is 12.5. The molecule has 0 aromatic heterocycles. The molecular weight excluding hydrogens is 218 g/mol. The van der Waals surface area contributed by atoms with Crippen molar-refractivity contribution in [3.63, 3.8) is 0 Å². The molecule has 0 aliphatic carbocycles. The van der Waals surface area contributed by atoms with E-state index >= 15 is 0 Å². The molecule has 0 bridgehead atoms. The average molecular weight is 243 g/mol. The molecule has 0 spiro atoms. The van der Waals surface area contributed by atoms with E-state index in [4.69, 9.17) is 5.26 Å². The molecule has 0 saturated heterocycles. The first kappa shape index (κ1) is 14.8. The molecular formula is C17H25N. The van der Waals surface area contributed by atoms with Crippen LogP contribution in [0, 0.1) is 22.2 Å². The van der Waals surface area contributed by atoms with Crippen molar-refractivity contribution >= 4 is 0 Å². The van der Waals surface area contributed by atoms with Gasteiger partial charge in [0, 0.05) is 0 Å². The lowest BCUT2D eigenvalue weighted by molar-refractivity contribution is 0.176. The van der Waals surface area contributed by atoms with Crippen molar-refractivity contribution in [1.82, 2.24) is 0 Å². The zero-order valence-electron chi connectivity index (χ0n) is 12.5. The molecule has 0 fully saturated rings. The summed E-state index contributed by atoms with van der Waals surface area (Å²) in [5.41, 5.74) is 2.93. The molecule has 18 heavy (non-hydrogen) atoms. The predicted octanol–water partition coefficient (Wildman–Crippen LogP) is 4.93. The van der Waals surface area contributed by atoms with Gasteiger partial charge in [0.05, 0.1) is 12.5 Å². The van der Waals surface area contributed by atoms with E-state index < -0.39 is 0 Å². The molecule has 98 valence electrons. The van der Waals surface area contributed by atoms with Gasteiger partial charge in [-0.1, -0.05) is 65.8 Å². The van der Waals surface area contributed by atoms with Gasteiger partial charge >= 0.3 is 0 Å². The van der Waals surface area contributed by atoms with Crippen molar-refractivity contribution in [2.75, 3.05) is 0 Å². The van der Waals surface area contributed by atoms with Gasteiger partial charge in [0.25, 0.3) is 0 Å². The van der Waals surface area contributed by atoms with Gasteiger partial charge in [-0.2, -0.15) is 5.26 Å². The summed E-state index contributed by atoms with van der Waals surface area (Å²) < 4.78 is 0. The minimum absolute atomic E-state index is 0.231. The van der Waals surface area contributed by atoms with E-state index in [0.717, 1.165) is 5.56 Å². The van der Waals surface area contributed by atoms with Crippen LogP contribution in [0.25, 0.3) is 0 Å². The topological polar surface area (TPSA) is 23.8 Å². The van der Waals surface area contributed by atoms with E-state index in [9.17, 15) is 0 Å². The molecule has 0 N–H and O–H groups in total. The van der Waals surface area contributed by atoms with Crippen LogP contribution in [0.2, 0.25) is 0 Å². The van der Waals surface area contributed by atoms with Crippen molar-refractivity contribution in [3.8, 4) is 6.07 Å². The Labute approximate surface area is 112 Å². The lowest BCUT2D eigenvalue weighted by Gasteiger charge is -2.41. The molecule has 1 rings (SSSR count). The van der Waals surface area contributed by atoms with Gasteiger partial charge in [-0.25, -0.2) is 0 Å². The first-order valence-corrected chi connectivity index (χ1v) is 6.62. The second-order valence-corrected chi connectivity index (χ2v) is 7.24. The van der Waals surface area contributed by atoms with Crippen molar-refractivity contribution in [1.29, 1.82) is 5.26 Å². The predicted molar refractivity (Wildman–Crippen MR) is 77.4 cm³/mol. The van der Waals surface area contributed by atoms with Gasteiger partial charge in [-0.15, -0.1) is 0 Å². The van der Waals surface area contributed by atoms with Crippen LogP contribution in [-0.2, 0) is 6.42 Å². The van der Waals surface area contributed by atoms with Crippen molar-refractivity contribution < 1.29 is 0 Å². The molecule has 1 aromatic carbocycles. The summed E-state index contributed by atoms with van der Waals surface area (Å²) in [7, 11) is 0. The molecule has 1 nitrogen and oxygen atoms in total. The van der Waals surface area contributed by atoms with Crippen LogP contribution in [0.4, 0.5) is 0 Å². The number of hydrogen-bond acceptors (Lipinski definition) is 1. The summed E-state index contributed by atoms with van der Waals surface area (Å²) in [6.45, 7) is 13.8. The molecule has 0 amide bonds. The molecule has 0 atom stereocenters. The van der Waals surface area contributed by atoms with E-state index in [1.807, 2.05) is 0 Å². The van der Waals surface area contributed by atoms with Crippen molar-refractivity contribution in [3.05, 3.63) is 35.4 Å². The zero-order chi connectivity index (χ0) is 14.0. The van der Waals surface area contributed by atoms with E-state index in [-0.39, 0.29) is 10.8 Å². The van der Waals surface area contributed by atoms with E-state index in [2.05, 4.69) is 71.9 Å². The molecule has 1 heteroatoms. The van der Waals surface area contributed by atoms with Gasteiger partial charge in [0.1, 0.15) is 0 Å². The van der Waals surface area contributed by atoms with Crippen molar-refractivity contribution in [2.24, 2.45) is 10.8 Å². The third-order valence-electron chi connectivity index (χ3n) is 3.33. The normalized spacial score (nSPS) is 12.6. The molecule has 0 aliphatic rings. The monoisotopic (exact) mass is 243 g/mol. The summed E-state index contributed by atoms with van der Waals surface area (Å²) in [5.74, 6) is 0.501. The van der Waals surface area contributed by atoms with Gasteiger partial charge in [-0.05, 0) is 27.9 Å².